The lowest BCUT2D eigenvalue weighted by molar-refractivity contribution is -0.131. The Labute approximate surface area is 207 Å². The SMILES string of the molecule is CN[C@@H](C)C(=O)N[C@H](C(=O)N1c2ncccc2C[C@@H]1C(=O)Nc1c(F)cccc1F)C1CCOCC1. The number of hydrogen-bond donors (Lipinski definition) is 3. The number of carbonyl (C=O) groups excluding carboxylic acids is 3. The third-order valence-corrected chi connectivity index (χ3v) is 6.70. The summed E-state index contributed by atoms with van der Waals surface area (Å²) < 4.78 is 33.9. The van der Waals surface area contributed by atoms with Gasteiger partial charge in [-0.2, -0.15) is 0 Å². The molecule has 1 fully saturated rings. The van der Waals surface area contributed by atoms with E-state index >= 15 is 0 Å². The highest BCUT2D eigenvalue weighted by molar-refractivity contribution is 6.09. The van der Waals surface area contributed by atoms with Gasteiger partial charge in [0.1, 0.15) is 35.2 Å². The molecule has 9 nitrogen and oxygen atoms in total. The van der Waals surface area contributed by atoms with Crippen molar-refractivity contribution in [3.63, 3.8) is 0 Å². The van der Waals surface area contributed by atoms with Crippen molar-refractivity contribution in [1.82, 2.24) is 15.6 Å². The largest absolute Gasteiger partial charge is 0.381 e. The number of benzene rings is 1. The highest BCUT2D eigenvalue weighted by Gasteiger charge is 2.44. The molecule has 36 heavy (non-hydrogen) atoms. The third kappa shape index (κ3) is 5.21. The van der Waals surface area contributed by atoms with Gasteiger partial charge in [-0.3, -0.25) is 19.3 Å². The smallest absolute Gasteiger partial charge is 0.251 e. The summed E-state index contributed by atoms with van der Waals surface area (Å²) in [5.41, 5.74) is 0.0524. The number of amides is 3. The van der Waals surface area contributed by atoms with Crippen molar-refractivity contribution in [2.45, 2.75) is 44.3 Å². The quantitative estimate of drug-likeness (QED) is 0.533. The molecule has 0 spiro atoms. The summed E-state index contributed by atoms with van der Waals surface area (Å²) in [6.45, 7) is 2.56. The summed E-state index contributed by atoms with van der Waals surface area (Å²) >= 11 is 0. The fourth-order valence-corrected chi connectivity index (χ4v) is 4.53. The molecule has 4 rings (SSSR count). The van der Waals surface area contributed by atoms with Gasteiger partial charge in [0.25, 0.3) is 5.91 Å². The Hall–Kier alpha value is -3.44. The van der Waals surface area contributed by atoms with E-state index in [2.05, 4.69) is 20.9 Å². The van der Waals surface area contributed by atoms with Crippen LogP contribution in [0.3, 0.4) is 0 Å². The summed E-state index contributed by atoms with van der Waals surface area (Å²) in [7, 11) is 1.64. The van der Waals surface area contributed by atoms with Gasteiger partial charge in [0.05, 0.1) is 6.04 Å². The van der Waals surface area contributed by atoms with Crippen molar-refractivity contribution < 1.29 is 27.9 Å². The number of ether oxygens (including phenoxy) is 1. The van der Waals surface area contributed by atoms with Gasteiger partial charge >= 0.3 is 0 Å². The second-order valence-electron chi connectivity index (χ2n) is 8.95. The van der Waals surface area contributed by atoms with Gasteiger partial charge < -0.3 is 20.7 Å². The molecule has 0 saturated carbocycles. The number of anilines is 2. The van der Waals surface area contributed by atoms with Crippen molar-refractivity contribution in [1.29, 1.82) is 0 Å². The number of aromatic nitrogens is 1. The van der Waals surface area contributed by atoms with Gasteiger partial charge in [0.15, 0.2) is 0 Å². The van der Waals surface area contributed by atoms with Crippen molar-refractivity contribution in [3.05, 3.63) is 53.7 Å². The fraction of sp³-hybridized carbons (Fsp3) is 0.440. The van der Waals surface area contributed by atoms with Crippen LogP contribution in [0.15, 0.2) is 36.5 Å². The molecular formula is C25H29F2N5O4. The van der Waals surface area contributed by atoms with E-state index in [0.717, 1.165) is 12.1 Å². The average Bonchev–Trinajstić information content (AvgIpc) is 3.28. The van der Waals surface area contributed by atoms with E-state index in [9.17, 15) is 23.2 Å². The normalized spacial score (nSPS) is 19.3. The van der Waals surface area contributed by atoms with E-state index in [1.807, 2.05) is 0 Å². The van der Waals surface area contributed by atoms with E-state index in [1.54, 1.807) is 26.1 Å². The predicted molar refractivity (Wildman–Crippen MR) is 128 cm³/mol. The van der Waals surface area contributed by atoms with Gasteiger partial charge in [-0.1, -0.05) is 12.1 Å². The van der Waals surface area contributed by atoms with Crippen LogP contribution in [0.25, 0.3) is 0 Å². The molecule has 0 unspecified atom stereocenters. The van der Waals surface area contributed by atoms with E-state index < -0.39 is 47.3 Å². The van der Waals surface area contributed by atoms with Crippen LogP contribution in [0.1, 0.15) is 25.3 Å². The topological polar surface area (TPSA) is 113 Å². The van der Waals surface area contributed by atoms with Crippen LogP contribution in [0.5, 0.6) is 0 Å². The molecule has 3 amide bonds. The first-order valence-electron chi connectivity index (χ1n) is 11.9. The molecule has 0 radical (unpaired) electrons. The summed E-state index contributed by atoms with van der Waals surface area (Å²) in [6, 6.07) is 4.09. The van der Waals surface area contributed by atoms with Crippen LogP contribution >= 0.6 is 0 Å². The monoisotopic (exact) mass is 501 g/mol. The predicted octanol–water partition coefficient (Wildman–Crippen LogP) is 1.78. The Morgan fingerprint density at radius 1 is 1.11 bits per heavy atom. The number of carbonyl (C=O) groups is 3. The third-order valence-electron chi connectivity index (χ3n) is 6.70. The Balaban J connectivity index is 1.67. The van der Waals surface area contributed by atoms with E-state index in [0.29, 0.717) is 31.6 Å². The van der Waals surface area contributed by atoms with Gasteiger partial charge in [-0.25, -0.2) is 13.8 Å². The first kappa shape index (κ1) is 25.6. The van der Waals surface area contributed by atoms with Gasteiger partial charge in [-0.05, 0) is 56.5 Å². The number of para-hydroxylation sites is 1. The highest BCUT2D eigenvalue weighted by Crippen LogP contribution is 2.33. The average molecular weight is 502 g/mol. The molecule has 3 heterocycles. The molecule has 1 saturated heterocycles. The molecule has 1 aromatic carbocycles. The van der Waals surface area contributed by atoms with Gasteiger partial charge in [-0.15, -0.1) is 0 Å². The zero-order valence-electron chi connectivity index (χ0n) is 20.1. The maximum atomic E-state index is 14.2. The Morgan fingerprint density at radius 3 is 2.47 bits per heavy atom. The van der Waals surface area contributed by atoms with E-state index in [1.165, 1.54) is 17.2 Å². The molecule has 0 bridgehead atoms. The Bertz CT molecular complexity index is 1120. The lowest BCUT2D eigenvalue weighted by atomic mass is 9.90. The molecule has 3 atom stereocenters. The van der Waals surface area contributed by atoms with Crippen molar-refractivity contribution in [2.24, 2.45) is 5.92 Å². The zero-order valence-corrected chi connectivity index (χ0v) is 20.1. The molecule has 3 N–H and O–H groups in total. The summed E-state index contributed by atoms with van der Waals surface area (Å²) in [5.74, 6) is -3.43. The van der Waals surface area contributed by atoms with Crippen molar-refractivity contribution >= 4 is 29.2 Å². The first-order valence-corrected chi connectivity index (χ1v) is 11.9. The van der Waals surface area contributed by atoms with Crippen LogP contribution in [0.2, 0.25) is 0 Å². The first-order chi connectivity index (χ1) is 17.3. The number of halogens is 2. The van der Waals surface area contributed by atoms with Crippen LogP contribution in [-0.2, 0) is 25.5 Å². The van der Waals surface area contributed by atoms with Gasteiger partial charge in [0.2, 0.25) is 11.8 Å². The standard InChI is InChI=1S/C25H29F2N5O4/c1-14(28-2)23(33)30-20(15-8-11-36-12-9-15)25(35)32-19(13-16-5-4-10-29-22(16)32)24(34)31-21-17(26)6-3-7-18(21)27/h3-7,10,14-15,19-20,28H,8-9,11-13H2,1-2H3,(H,30,33)(H,31,34)/t14-,19+,20-/m0/s1. The summed E-state index contributed by atoms with van der Waals surface area (Å²) in [5, 5.41) is 8.00. The van der Waals surface area contributed by atoms with Crippen LogP contribution < -0.4 is 20.9 Å². The Morgan fingerprint density at radius 2 is 1.81 bits per heavy atom. The molecule has 1 aromatic heterocycles. The minimum absolute atomic E-state index is 0.109. The number of likely N-dealkylation sites (N-methyl/N-ethyl adjacent to an activating group) is 1. The fourth-order valence-electron chi connectivity index (χ4n) is 4.53. The number of rotatable bonds is 7. The summed E-state index contributed by atoms with van der Waals surface area (Å²) in [6.07, 6.45) is 2.70. The number of pyridine rings is 1. The second-order valence-corrected chi connectivity index (χ2v) is 8.95. The molecular weight excluding hydrogens is 472 g/mol. The van der Waals surface area contributed by atoms with Crippen LogP contribution in [-0.4, -0.2) is 61.1 Å². The molecule has 2 aliphatic heterocycles. The lowest BCUT2D eigenvalue weighted by Crippen LogP contribution is -2.59. The Kier molecular flexibility index (Phi) is 7.90. The van der Waals surface area contributed by atoms with Crippen molar-refractivity contribution in [2.75, 3.05) is 30.5 Å². The lowest BCUT2D eigenvalue weighted by Gasteiger charge is -2.35. The zero-order chi connectivity index (χ0) is 25.8. The van der Waals surface area contributed by atoms with Crippen molar-refractivity contribution in [3.8, 4) is 0 Å². The number of fused-ring (bicyclic) bond motifs is 1. The maximum absolute atomic E-state index is 14.2. The van der Waals surface area contributed by atoms with Crippen LogP contribution in [0, 0.1) is 17.6 Å². The minimum atomic E-state index is -1.11. The molecule has 192 valence electrons. The summed E-state index contributed by atoms with van der Waals surface area (Å²) in [4.78, 5) is 45.7. The maximum Gasteiger partial charge on any atom is 0.251 e. The van der Waals surface area contributed by atoms with Gasteiger partial charge in [0, 0.05) is 25.8 Å². The van der Waals surface area contributed by atoms with E-state index in [-0.39, 0.29) is 24.1 Å². The number of nitrogens with zero attached hydrogens (tertiary/aromatic N) is 2. The molecule has 11 heteroatoms. The second kappa shape index (κ2) is 11.1. The van der Waals surface area contributed by atoms with Crippen LogP contribution in [0.4, 0.5) is 20.3 Å². The number of nitrogens with one attached hydrogen (secondary N) is 3. The molecule has 2 aliphatic rings. The number of hydrogen-bond acceptors (Lipinski definition) is 6. The highest BCUT2D eigenvalue weighted by atomic mass is 19.1. The molecule has 2 aromatic rings. The minimum Gasteiger partial charge on any atom is -0.381 e. The molecule has 0 aliphatic carbocycles. The van der Waals surface area contributed by atoms with E-state index in [4.69, 9.17) is 4.74 Å².